The van der Waals surface area contributed by atoms with E-state index in [2.05, 4.69) is 10.5 Å². The molecule has 26 heavy (non-hydrogen) atoms. The molecule has 0 radical (unpaired) electrons. The summed E-state index contributed by atoms with van der Waals surface area (Å²) in [4.78, 5) is 23.1. The Labute approximate surface area is 150 Å². The quantitative estimate of drug-likeness (QED) is 0.533. The van der Waals surface area contributed by atoms with Crippen molar-refractivity contribution in [3.63, 3.8) is 0 Å². The molecular formula is C17H21N3O6. The molecule has 1 aromatic carbocycles. The first-order chi connectivity index (χ1) is 12.5. The highest BCUT2D eigenvalue weighted by atomic mass is 16.6. The van der Waals surface area contributed by atoms with Gasteiger partial charge in [-0.25, -0.2) is 0 Å². The predicted octanol–water partition coefficient (Wildman–Crippen LogP) is 3.72. The topological polar surface area (TPSA) is 117 Å². The molecule has 2 aromatic rings. The predicted molar refractivity (Wildman–Crippen MR) is 93.9 cm³/mol. The van der Waals surface area contributed by atoms with Crippen molar-refractivity contribution in [2.45, 2.75) is 33.6 Å². The first-order valence-electron chi connectivity index (χ1n) is 8.29. The maximum absolute atomic E-state index is 12.2. The van der Waals surface area contributed by atoms with Crippen LogP contribution in [0.3, 0.4) is 0 Å². The SMILES string of the molecule is CCCOc1cc(NC(=O)c2cc(C)no2)c([N+](=O)[O-])cc1OCCC. The number of rotatable bonds is 9. The average Bonchev–Trinajstić information content (AvgIpc) is 3.05. The van der Waals surface area contributed by atoms with Crippen LogP contribution >= 0.6 is 0 Å². The number of amides is 1. The van der Waals surface area contributed by atoms with Gasteiger partial charge in [0, 0.05) is 12.1 Å². The molecule has 0 aliphatic heterocycles. The van der Waals surface area contributed by atoms with Crippen molar-refractivity contribution in [3.8, 4) is 11.5 Å². The van der Waals surface area contributed by atoms with Crippen LogP contribution in [0.15, 0.2) is 22.7 Å². The number of benzene rings is 1. The van der Waals surface area contributed by atoms with Gasteiger partial charge in [-0.05, 0) is 19.8 Å². The first kappa shape index (κ1) is 19.2. The van der Waals surface area contributed by atoms with E-state index in [9.17, 15) is 14.9 Å². The molecule has 0 saturated heterocycles. The molecular weight excluding hydrogens is 342 g/mol. The minimum atomic E-state index is -0.641. The maximum Gasteiger partial charge on any atom is 0.296 e. The highest BCUT2D eigenvalue weighted by Gasteiger charge is 2.23. The second-order valence-corrected chi connectivity index (χ2v) is 5.56. The van der Waals surface area contributed by atoms with E-state index in [1.165, 1.54) is 18.2 Å². The molecule has 0 aliphatic rings. The Bertz CT molecular complexity index is 787. The largest absolute Gasteiger partial charge is 0.490 e. The van der Waals surface area contributed by atoms with Crippen molar-refractivity contribution < 1.29 is 23.7 Å². The van der Waals surface area contributed by atoms with Crippen molar-refractivity contribution in [2.24, 2.45) is 0 Å². The van der Waals surface area contributed by atoms with E-state index in [1.807, 2.05) is 13.8 Å². The van der Waals surface area contributed by atoms with Crippen LogP contribution in [0.4, 0.5) is 11.4 Å². The van der Waals surface area contributed by atoms with E-state index in [0.717, 1.165) is 12.8 Å². The van der Waals surface area contributed by atoms with Gasteiger partial charge in [-0.2, -0.15) is 0 Å². The van der Waals surface area contributed by atoms with Crippen LogP contribution in [0.1, 0.15) is 42.9 Å². The fourth-order valence-corrected chi connectivity index (χ4v) is 2.10. The molecule has 1 amide bonds. The van der Waals surface area contributed by atoms with Gasteiger partial charge in [-0.1, -0.05) is 19.0 Å². The smallest absolute Gasteiger partial charge is 0.296 e. The van der Waals surface area contributed by atoms with Crippen molar-refractivity contribution in [3.05, 3.63) is 39.8 Å². The van der Waals surface area contributed by atoms with Crippen molar-refractivity contribution in [2.75, 3.05) is 18.5 Å². The highest BCUT2D eigenvalue weighted by Crippen LogP contribution is 2.38. The second kappa shape index (κ2) is 8.84. The lowest BCUT2D eigenvalue weighted by molar-refractivity contribution is -0.384. The molecule has 1 N–H and O–H groups in total. The normalized spacial score (nSPS) is 10.4. The van der Waals surface area contributed by atoms with E-state index in [0.29, 0.717) is 24.7 Å². The number of anilines is 1. The number of ether oxygens (including phenoxy) is 2. The summed E-state index contributed by atoms with van der Waals surface area (Å²) in [6.07, 6.45) is 1.49. The maximum atomic E-state index is 12.2. The lowest BCUT2D eigenvalue weighted by Crippen LogP contribution is -2.13. The molecule has 9 nitrogen and oxygen atoms in total. The molecule has 1 aromatic heterocycles. The molecule has 140 valence electrons. The molecule has 0 bridgehead atoms. The van der Waals surface area contributed by atoms with Gasteiger partial charge >= 0.3 is 0 Å². The number of aryl methyl sites for hydroxylation is 1. The highest BCUT2D eigenvalue weighted by molar-refractivity contribution is 6.03. The summed E-state index contributed by atoms with van der Waals surface area (Å²) >= 11 is 0. The number of hydrogen-bond acceptors (Lipinski definition) is 7. The summed E-state index contributed by atoms with van der Waals surface area (Å²) in [6, 6.07) is 4.08. The summed E-state index contributed by atoms with van der Waals surface area (Å²) in [5.74, 6) is -0.0908. The molecule has 0 saturated carbocycles. The summed E-state index contributed by atoms with van der Waals surface area (Å²) < 4.78 is 16.0. The Morgan fingerprint density at radius 2 is 1.81 bits per heavy atom. The molecule has 0 unspecified atom stereocenters. The Balaban J connectivity index is 2.38. The van der Waals surface area contributed by atoms with E-state index in [-0.39, 0.29) is 22.9 Å². The Kier molecular flexibility index (Phi) is 6.54. The molecule has 1 heterocycles. The van der Waals surface area contributed by atoms with E-state index in [1.54, 1.807) is 6.92 Å². The number of nitro groups is 1. The Morgan fingerprint density at radius 3 is 2.31 bits per heavy atom. The number of nitro benzene ring substituents is 1. The molecule has 0 atom stereocenters. The van der Waals surface area contributed by atoms with Gasteiger partial charge < -0.3 is 19.3 Å². The van der Waals surface area contributed by atoms with E-state index < -0.39 is 10.8 Å². The van der Waals surface area contributed by atoms with Gasteiger partial charge in [0.15, 0.2) is 11.5 Å². The Hall–Kier alpha value is -3.10. The monoisotopic (exact) mass is 363 g/mol. The van der Waals surface area contributed by atoms with E-state index >= 15 is 0 Å². The number of hydrogen-bond donors (Lipinski definition) is 1. The van der Waals surface area contributed by atoms with Crippen molar-refractivity contribution in [1.82, 2.24) is 5.16 Å². The van der Waals surface area contributed by atoms with E-state index in [4.69, 9.17) is 14.0 Å². The van der Waals surface area contributed by atoms with Crippen molar-refractivity contribution in [1.29, 1.82) is 0 Å². The van der Waals surface area contributed by atoms with Crippen LogP contribution in [0.5, 0.6) is 11.5 Å². The van der Waals surface area contributed by atoms with Crippen LogP contribution in [-0.4, -0.2) is 29.2 Å². The third kappa shape index (κ3) is 4.71. The first-order valence-corrected chi connectivity index (χ1v) is 8.29. The third-order valence-corrected chi connectivity index (χ3v) is 3.28. The molecule has 0 spiro atoms. The minimum absolute atomic E-state index is 0.0102. The summed E-state index contributed by atoms with van der Waals surface area (Å²) in [7, 11) is 0. The second-order valence-electron chi connectivity index (χ2n) is 5.56. The lowest BCUT2D eigenvalue weighted by Gasteiger charge is -2.14. The van der Waals surface area contributed by atoms with Gasteiger partial charge in [-0.15, -0.1) is 0 Å². The number of carbonyl (C=O) groups excluding carboxylic acids is 1. The molecule has 2 rings (SSSR count). The number of nitrogens with zero attached hydrogens (tertiary/aromatic N) is 2. The van der Waals surface area contributed by atoms with Crippen LogP contribution in [-0.2, 0) is 0 Å². The lowest BCUT2D eigenvalue weighted by atomic mass is 10.2. The van der Waals surface area contributed by atoms with Gasteiger partial charge in [0.2, 0.25) is 5.76 Å². The fraction of sp³-hybridized carbons (Fsp3) is 0.412. The van der Waals surface area contributed by atoms with Crippen LogP contribution < -0.4 is 14.8 Å². The summed E-state index contributed by atoms with van der Waals surface area (Å²) in [6.45, 7) is 6.33. The third-order valence-electron chi connectivity index (χ3n) is 3.28. The van der Waals surface area contributed by atoms with Gasteiger partial charge in [0.05, 0.1) is 29.9 Å². The number of aromatic nitrogens is 1. The van der Waals surface area contributed by atoms with Crippen molar-refractivity contribution >= 4 is 17.3 Å². The van der Waals surface area contributed by atoms with Crippen LogP contribution in [0.25, 0.3) is 0 Å². The van der Waals surface area contributed by atoms with Gasteiger partial charge in [-0.3, -0.25) is 14.9 Å². The van der Waals surface area contributed by atoms with Crippen LogP contribution in [0, 0.1) is 17.0 Å². The average molecular weight is 363 g/mol. The Morgan fingerprint density at radius 1 is 1.19 bits per heavy atom. The zero-order chi connectivity index (χ0) is 19.1. The van der Waals surface area contributed by atoms with Crippen LogP contribution in [0.2, 0.25) is 0 Å². The summed E-state index contributed by atoms with van der Waals surface area (Å²) in [5.41, 5.74) is 0.216. The standard InChI is InChI=1S/C17H21N3O6/c1-4-6-24-14-9-12(18-17(21)16-8-11(3)19-26-16)13(20(22)23)10-15(14)25-7-5-2/h8-10H,4-7H2,1-3H3,(H,18,21). The zero-order valence-electron chi connectivity index (χ0n) is 14.9. The van der Waals surface area contributed by atoms with Gasteiger partial charge in [0.25, 0.3) is 11.6 Å². The molecule has 9 heteroatoms. The molecule has 0 aliphatic carbocycles. The zero-order valence-corrected chi connectivity index (χ0v) is 14.9. The summed E-state index contributed by atoms with van der Waals surface area (Å²) in [5, 5.41) is 17.5. The number of carbonyl (C=O) groups is 1. The molecule has 0 fully saturated rings. The van der Waals surface area contributed by atoms with Gasteiger partial charge in [0.1, 0.15) is 5.69 Å². The number of nitrogens with one attached hydrogen (secondary N) is 1. The fourth-order valence-electron chi connectivity index (χ4n) is 2.10. The minimum Gasteiger partial charge on any atom is -0.490 e.